The van der Waals surface area contributed by atoms with Crippen LogP contribution in [0.4, 0.5) is 0 Å². The summed E-state index contributed by atoms with van der Waals surface area (Å²) in [5.74, 6) is 0.895. The number of rotatable bonds is 3. The molecule has 1 heterocycles. The summed E-state index contributed by atoms with van der Waals surface area (Å²) < 4.78 is 33.0. The first-order valence-electron chi connectivity index (χ1n) is 8.33. The zero-order valence-corrected chi connectivity index (χ0v) is 13.7. The molecule has 124 valence electrons. The van der Waals surface area contributed by atoms with Crippen molar-refractivity contribution in [3.05, 3.63) is 29.8 Å². The van der Waals surface area contributed by atoms with Gasteiger partial charge < -0.3 is 4.74 Å². The normalized spacial score (nSPS) is 32.2. The number of para-hydroxylation sites is 1. The number of hydrogen-bond donors (Lipinski definition) is 1. The van der Waals surface area contributed by atoms with Crippen LogP contribution in [0.15, 0.2) is 24.3 Å². The number of nitrogens with one attached hydrogen (secondary N) is 1. The quantitative estimate of drug-likeness (QED) is 0.917. The van der Waals surface area contributed by atoms with Crippen LogP contribution in [0.25, 0.3) is 0 Å². The fourth-order valence-electron chi connectivity index (χ4n) is 4.36. The molecule has 1 amide bonds. The first-order valence-corrected chi connectivity index (χ1v) is 9.87. The number of amides is 1. The number of aryl methyl sites for hydroxylation is 1. The second kappa shape index (κ2) is 5.51. The molecule has 2 saturated carbocycles. The highest BCUT2D eigenvalue weighted by atomic mass is 32.2. The van der Waals surface area contributed by atoms with Crippen LogP contribution in [0, 0.1) is 11.8 Å². The van der Waals surface area contributed by atoms with Gasteiger partial charge in [-0.3, -0.25) is 4.79 Å². The molecular formula is C17H21NO4S. The highest BCUT2D eigenvalue weighted by Crippen LogP contribution is 2.47. The van der Waals surface area contributed by atoms with Gasteiger partial charge in [0.05, 0.1) is 5.25 Å². The Kier molecular flexibility index (Phi) is 3.59. The minimum absolute atomic E-state index is 0.221. The van der Waals surface area contributed by atoms with E-state index in [2.05, 4.69) is 4.72 Å². The van der Waals surface area contributed by atoms with E-state index in [1.165, 1.54) is 0 Å². The lowest BCUT2D eigenvalue weighted by atomic mass is 10.0. The summed E-state index contributed by atoms with van der Waals surface area (Å²) in [4.78, 5) is 12.4. The zero-order chi connectivity index (χ0) is 16.0. The molecule has 4 atom stereocenters. The monoisotopic (exact) mass is 335 g/mol. The SMILES string of the molecule is O=C(NS(=O)(=O)C1C[C@@H]2CC[C@H]1C2)C1CCc2ccccc2O1. The first kappa shape index (κ1) is 15.0. The van der Waals surface area contributed by atoms with Crippen molar-refractivity contribution < 1.29 is 17.9 Å². The standard InChI is InChI=1S/C17H21NO4S/c19-17(15-8-7-12-3-1-2-4-14(12)22-15)18-23(20,21)16-10-11-5-6-13(16)9-11/h1-4,11,13,15-16H,5-10H2,(H,18,19)/t11-,13+,15?,16?/m1/s1. The number of sulfonamides is 1. The number of hydrogen-bond acceptors (Lipinski definition) is 4. The van der Waals surface area contributed by atoms with E-state index >= 15 is 0 Å². The predicted octanol–water partition coefficient (Wildman–Crippen LogP) is 2.01. The van der Waals surface area contributed by atoms with Crippen LogP contribution < -0.4 is 9.46 Å². The maximum atomic E-state index is 12.5. The molecule has 1 aromatic rings. The minimum Gasteiger partial charge on any atom is -0.480 e. The Morgan fingerprint density at radius 3 is 2.70 bits per heavy atom. The molecule has 6 heteroatoms. The molecule has 3 aliphatic rings. The molecule has 5 nitrogen and oxygen atoms in total. The number of carbonyl (C=O) groups excluding carboxylic acids is 1. The molecule has 2 unspecified atom stereocenters. The van der Waals surface area contributed by atoms with Crippen molar-refractivity contribution in [2.45, 2.75) is 49.9 Å². The average molecular weight is 335 g/mol. The Labute approximate surface area is 136 Å². The third kappa shape index (κ3) is 2.73. The molecule has 0 radical (unpaired) electrons. The molecular weight excluding hydrogens is 314 g/mol. The Hall–Kier alpha value is -1.56. The summed E-state index contributed by atoms with van der Waals surface area (Å²) in [6.07, 6.45) is 4.30. The van der Waals surface area contributed by atoms with E-state index in [1.807, 2.05) is 24.3 Å². The summed E-state index contributed by atoms with van der Waals surface area (Å²) in [5, 5.41) is -0.402. The molecule has 2 aliphatic carbocycles. The minimum atomic E-state index is -3.60. The summed E-state index contributed by atoms with van der Waals surface area (Å²) in [6, 6.07) is 7.57. The van der Waals surface area contributed by atoms with Crippen molar-refractivity contribution in [3.8, 4) is 5.75 Å². The smallest absolute Gasteiger partial charge is 0.274 e. The van der Waals surface area contributed by atoms with E-state index < -0.39 is 27.3 Å². The van der Waals surface area contributed by atoms with Gasteiger partial charge in [-0.2, -0.15) is 0 Å². The topological polar surface area (TPSA) is 72.5 Å². The Balaban J connectivity index is 1.44. The highest BCUT2D eigenvalue weighted by molar-refractivity contribution is 7.90. The van der Waals surface area contributed by atoms with Gasteiger partial charge in [-0.1, -0.05) is 24.6 Å². The van der Waals surface area contributed by atoms with Crippen molar-refractivity contribution >= 4 is 15.9 Å². The van der Waals surface area contributed by atoms with Gasteiger partial charge in [0.15, 0.2) is 6.10 Å². The molecule has 4 rings (SSSR count). The van der Waals surface area contributed by atoms with Gasteiger partial charge in [-0.05, 0) is 55.6 Å². The molecule has 1 N–H and O–H groups in total. The predicted molar refractivity (Wildman–Crippen MR) is 85.5 cm³/mol. The van der Waals surface area contributed by atoms with Crippen LogP contribution in [-0.2, 0) is 21.2 Å². The van der Waals surface area contributed by atoms with Gasteiger partial charge in [0, 0.05) is 0 Å². The maximum absolute atomic E-state index is 12.5. The summed E-state index contributed by atoms with van der Waals surface area (Å²) in [6.45, 7) is 0. The van der Waals surface area contributed by atoms with Gasteiger partial charge in [0.25, 0.3) is 5.91 Å². The number of ether oxygens (including phenoxy) is 1. The van der Waals surface area contributed by atoms with Gasteiger partial charge in [0.1, 0.15) is 5.75 Å². The fourth-order valence-corrected chi connectivity index (χ4v) is 6.20. The molecule has 0 saturated heterocycles. The zero-order valence-electron chi connectivity index (χ0n) is 12.9. The third-order valence-corrected chi connectivity index (χ3v) is 7.38. The maximum Gasteiger partial charge on any atom is 0.274 e. The van der Waals surface area contributed by atoms with E-state index in [9.17, 15) is 13.2 Å². The van der Waals surface area contributed by atoms with Crippen LogP contribution in [0.5, 0.6) is 5.75 Å². The summed E-state index contributed by atoms with van der Waals surface area (Å²) in [5.41, 5.74) is 1.06. The van der Waals surface area contributed by atoms with E-state index in [0.717, 1.165) is 31.2 Å². The Bertz CT molecular complexity index is 730. The number of fused-ring (bicyclic) bond motifs is 3. The van der Waals surface area contributed by atoms with Crippen molar-refractivity contribution in [3.63, 3.8) is 0 Å². The second-order valence-corrected chi connectivity index (χ2v) is 8.88. The molecule has 0 aromatic heterocycles. The number of benzene rings is 1. The summed E-state index contributed by atoms with van der Waals surface area (Å²) in [7, 11) is -3.60. The third-order valence-electron chi connectivity index (χ3n) is 5.52. The molecule has 23 heavy (non-hydrogen) atoms. The molecule has 1 aromatic carbocycles. The van der Waals surface area contributed by atoms with Crippen LogP contribution in [0.1, 0.15) is 37.7 Å². The lowest BCUT2D eigenvalue weighted by Crippen LogP contribution is -2.47. The molecule has 2 fully saturated rings. The van der Waals surface area contributed by atoms with Gasteiger partial charge in [-0.25, -0.2) is 13.1 Å². The largest absolute Gasteiger partial charge is 0.480 e. The van der Waals surface area contributed by atoms with E-state index in [4.69, 9.17) is 4.74 Å². The van der Waals surface area contributed by atoms with Crippen LogP contribution in [-0.4, -0.2) is 25.7 Å². The van der Waals surface area contributed by atoms with Gasteiger partial charge in [0.2, 0.25) is 10.0 Å². The van der Waals surface area contributed by atoms with Crippen LogP contribution in [0.3, 0.4) is 0 Å². The van der Waals surface area contributed by atoms with E-state index in [0.29, 0.717) is 24.5 Å². The summed E-state index contributed by atoms with van der Waals surface area (Å²) >= 11 is 0. The molecule has 0 spiro atoms. The fraction of sp³-hybridized carbons (Fsp3) is 0.588. The lowest BCUT2D eigenvalue weighted by Gasteiger charge is -2.27. The number of carbonyl (C=O) groups is 1. The highest BCUT2D eigenvalue weighted by Gasteiger charge is 2.47. The van der Waals surface area contributed by atoms with Gasteiger partial charge >= 0.3 is 0 Å². The van der Waals surface area contributed by atoms with Crippen molar-refractivity contribution in [2.24, 2.45) is 11.8 Å². The van der Waals surface area contributed by atoms with E-state index in [1.54, 1.807) is 0 Å². The Morgan fingerprint density at radius 2 is 1.96 bits per heavy atom. The van der Waals surface area contributed by atoms with Crippen molar-refractivity contribution in [1.29, 1.82) is 0 Å². The van der Waals surface area contributed by atoms with Crippen LogP contribution in [0.2, 0.25) is 0 Å². The van der Waals surface area contributed by atoms with E-state index in [-0.39, 0.29) is 5.92 Å². The van der Waals surface area contributed by atoms with Crippen LogP contribution >= 0.6 is 0 Å². The molecule has 2 bridgehead atoms. The second-order valence-electron chi connectivity index (χ2n) is 6.98. The van der Waals surface area contributed by atoms with Gasteiger partial charge in [-0.15, -0.1) is 0 Å². The van der Waals surface area contributed by atoms with Crippen molar-refractivity contribution in [1.82, 2.24) is 4.72 Å². The first-order chi connectivity index (χ1) is 11.0. The van der Waals surface area contributed by atoms with Crippen molar-refractivity contribution in [2.75, 3.05) is 0 Å². The Morgan fingerprint density at radius 1 is 1.13 bits per heavy atom. The average Bonchev–Trinajstić information content (AvgIpc) is 3.17. The molecule has 1 aliphatic heterocycles. The lowest BCUT2D eigenvalue weighted by molar-refractivity contribution is -0.126.